The largest absolute Gasteiger partial charge is 0.339 e. The lowest BCUT2D eigenvalue weighted by molar-refractivity contribution is -0.131. The Kier molecular flexibility index (Phi) is 6.17. The van der Waals surface area contributed by atoms with Crippen molar-refractivity contribution in [2.24, 2.45) is 5.92 Å². The van der Waals surface area contributed by atoms with Crippen molar-refractivity contribution in [3.8, 4) is 0 Å². The summed E-state index contributed by atoms with van der Waals surface area (Å²) < 4.78 is 0. The van der Waals surface area contributed by atoms with Crippen LogP contribution in [0.25, 0.3) is 0 Å². The molecule has 0 radical (unpaired) electrons. The van der Waals surface area contributed by atoms with Crippen molar-refractivity contribution < 1.29 is 19.2 Å². The van der Waals surface area contributed by atoms with Crippen LogP contribution in [0.1, 0.15) is 46.8 Å². The first-order valence-electron chi connectivity index (χ1n) is 13.4. The Balaban J connectivity index is 1.11. The van der Waals surface area contributed by atoms with Gasteiger partial charge in [0, 0.05) is 53.6 Å². The van der Waals surface area contributed by atoms with E-state index in [-0.39, 0.29) is 36.0 Å². The molecule has 0 bridgehead atoms. The van der Waals surface area contributed by atoms with Crippen LogP contribution in [0.5, 0.6) is 0 Å². The van der Waals surface area contributed by atoms with E-state index in [9.17, 15) is 19.2 Å². The van der Waals surface area contributed by atoms with Crippen molar-refractivity contribution in [3.05, 3.63) is 89.0 Å². The highest BCUT2D eigenvalue weighted by Gasteiger charge is 2.55. The van der Waals surface area contributed by atoms with Crippen LogP contribution in [0.15, 0.2) is 66.7 Å². The van der Waals surface area contributed by atoms with Gasteiger partial charge in [-0.25, -0.2) is 0 Å². The van der Waals surface area contributed by atoms with Gasteiger partial charge in [0.05, 0.1) is 0 Å². The third kappa shape index (κ3) is 4.26. The van der Waals surface area contributed by atoms with Gasteiger partial charge in [-0.1, -0.05) is 43.3 Å². The Labute approximate surface area is 226 Å². The highest BCUT2D eigenvalue weighted by atomic mass is 16.2. The quantitative estimate of drug-likeness (QED) is 0.448. The number of rotatable bonds is 4. The predicted octanol–water partition coefficient (Wildman–Crippen LogP) is 4.12. The van der Waals surface area contributed by atoms with Crippen LogP contribution in [0, 0.1) is 5.92 Å². The number of carbonyl (C=O) groups is 4. The van der Waals surface area contributed by atoms with Gasteiger partial charge in [0.2, 0.25) is 17.7 Å². The normalized spacial score (nSPS) is 20.2. The molecule has 1 atom stereocenters. The summed E-state index contributed by atoms with van der Waals surface area (Å²) >= 11 is 0. The summed E-state index contributed by atoms with van der Waals surface area (Å²) in [5, 5.41) is 8.71. The van der Waals surface area contributed by atoms with Crippen LogP contribution in [-0.4, -0.2) is 41.6 Å². The van der Waals surface area contributed by atoms with E-state index in [0.29, 0.717) is 48.4 Å². The second kappa shape index (κ2) is 9.69. The maximum atomic E-state index is 13.1. The minimum Gasteiger partial charge on any atom is -0.339 e. The smallest absolute Gasteiger partial charge is 0.253 e. The molecular formula is C31H30N4O4. The molecule has 3 heterocycles. The molecule has 39 heavy (non-hydrogen) atoms. The van der Waals surface area contributed by atoms with Gasteiger partial charge >= 0.3 is 0 Å². The number of piperidine rings is 1. The van der Waals surface area contributed by atoms with Crippen LogP contribution < -0.4 is 16.0 Å². The second-order valence-electron chi connectivity index (χ2n) is 10.5. The highest BCUT2D eigenvalue weighted by Crippen LogP contribution is 2.45. The molecule has 8 heteroatoms. The first-order valence-corrected chi connectivity index (χ1v) is 13.4. The van der Waals surface area contributed by atoms with E-state index in [0.717, 1.165) is 17.7 Å². The van der Waals surface area contributed by atoms with E-state index >= 15 is 0 Å². The van der Waals surface area contributed by atoms with Crippen molar-refractivity contribution in [3.63, 3.8) is 0 Å². The predicted molar refractivity (Wildman–Crippen MR) is 149 cm³/mol. The zero-order valence-corrected chi connectivity index (χ0v) is 21.8. The highest BCUT2D eigenvalue weighted by molar-refractivity contribution is 6.25. The third-order valence-electron chi connectivity index (χ3n) is 8.25. The fourth-order valence-corrected chi connectivity index (χ4v) is 5.90. The van der Waals surface area contributed by atoms with Gasteiger partial charge in [0.15, 0.2) is 5.41 Å². The number of aryl methyl sites for hydroxylation is 1. The number of hydrogen-bond donors (Lipinski definition) is 3. The van der Waals surface area contributed by atoms with Crippen LogP contribution >= 0.6 is 0 Å². The van der Waals surface area contributed by atoms with Gasteiger partial charge in [-0.15, -0.1) is 0 Å². The third-order valence-corrected chi connectivity index (χ3v) is 8.25. The summed E-state index contributed by atoms with van der Waals surface area (Å²) in [7, 11) is 0. The number of nitrogens with zero attached hydrogens (tertiary/aromatic N) is 1. The Hall–Kier alpha value is -4.46. The number of amides is 4. The van der Waals surface area contributed by atoms with Gasteiger partial charge in [-0.3, -0.25) is 19.2 Å². The number of fused-ring (bicyclic) bond motifs is 3. The summed E-state index contributed by atoms with van der Waals surface area (Å²) in [5.41, 5.74) is 3.85. The SMILES string of the molecule is CCc1ccc(C(=O)N2CCC(C(=O)Nc3ccc4c(c3)NC(=O)C43Cc4ccccc4NC3=O)CC2)cc1. The number of para-hydroxylation sites is 1. The van der Waals surface area contributed by atoms with E-state index < -0.39 is 5.41 Å². The number of benzene rings is 3. The molecule has 6 rings (SSSR count). The van der Waals surface area contributed by atoms with Crippen molar-refractivity contribution in [1.29, 1.82) is 0 Å². The Bertz CT molecular complexity index is 1490. The number of anilines is 3. The number of carbonyl (C=O) groups excluding carboxylic acids is 4. The Morgan fingerprint density at radius 1 is 0.923 bits per heavy atom. The van der Waals surface area contributed by atoms with Crippen LogP contribution in [-0.2, 0) is 32.6 Å². The average Bonchev–Trinajstić information content (AvgIpc) is 3.24. The molecule has 8 nitrogen and oxygen atoms in total. The fraction of sp³-hybridized carbons (Fsp3) is 0.290. The van der Waals surface area contributed by atoms with Gasteiger partial charge in [0.25, 0.3) is 5.91 Å². The zero-order valence-electron chi connectivity index (χ0n) is 21.8. The van der Waals surface area contributed by atoms with Crippen LogP contribution in [0.2, 0.25) is 0 Å². The van der Waals surface area contributed by atoms with E-state index in [2.05, 4.69) is 22.9 Å². The standard InChI is InChI=1S/C31H30N4O4/c1-2-19-7-9-21(10-8-19)28(37)35-15-13-20(14-16-35)27(36)32-23-11-12-24-26(17-23)34-30(39)31(24)18-22-5-3-4-6-25(22)33-29(31)38/h3-12,17,20H,2,13-16,18H2,1H3,(H,32,36)(H,33,38)(H,34,39). The van der Waals surface area contributed by atoms with Crippen molar-refractivity contribution in [2.75, 3.05) is 29.0 Å². The number of likely N-dealkylation sites (tertiary alicyclic amines) is 1. The molecule has 3 N–H and O–H groups in total. The zero-order chi connectivity index (χ0) is 27.1. The lowest BCUT2D eigenvalue weighted by Crippen LogP contribution is -2.50. The van der Waals surface area contributed by atoms with Gasteiger partial charge in [-0.05, 0) is 60.7 Å². The molecule has 3 aliphatic rings. The summed E-state index contributed by atoms with van der Waals surface area (Å²) in [4.78, 5) is 54.0. The average molecular weight is 523 g/mol. The van der Waals surface area contributed by atoms with Gasteiger partial charge in [0.1, 0.15) is 0 Å². The molecule has 0 aliphatic carbocycles. The summed E-state index contributed by atoms with van der Waals surface area (Å²) in [6.45, 7) is 3.12. The maximum Gasteiger partial charge on any atom is 0.253 e. The fourth-order valence-electron chi connectivity index (χ4n) is 5.90. The molecule has 3 aromatic carbocycles. The second-order valence-corrected chi connectivity index (χ2v) is 10.5. The molecule has 1 fully saturated rings. The van der Waals surface area contributed by atoms with E-state index in [1.807, 2.05) is 53.4 Å². The molecule has 4 amide bonds. The monoisotopic (exact) mass is 522 g/mol. The molecule has 1 unspecified atom stereocenters. The lowest BCUT2D eigenvalue weighted by atomic mass is 9.73. The van der Waals surface area contributed by atoms with Crippen molar-refractivity contribution in [2.45, 2.75) is 38.0 Å². The van der Waals surface area contributed by atoms with E-state index in [1.54, 1.807) is 18.2 Å². The van der Waals surface area contributed by atoms with Crippen LogP contribution in [0.3, 0.4) is 0 Å². The maximum absolute atomic E-state index is 13.1. The summed E-state index contributed by atoms with van der Waals surface area (Å²) in [5.74, 6) is -1.05. The molecule has 1 saturated heterocycles. The molecule has 0 aromatic heterocycles. The molecule has 3 aromatic rings. The molecule has 0 saturated carbocycles. The Morgan fingerprint density at radius 3 is 2.33 bits per heavy atom. The van der Waals surface area contributed by atoms with Crippen LogP contribution in [0.4, 0.5) is 17.1 Å². The lowest BCUT2D eigenvalue weighted by Gasteiger charge is -2.32. The number of hydrogen-bond acceptors (Lipinski definition) is 4. The van der Waals surface area contributed by atoms with Gasteiger partial charge in [-0.2, -0.15) is 0 Å². The first kappa shape index (κ1) is 24.9. The Morgan fingerprint density at radius 2 is 1.62 bits per heavy atom. The molecular weight excluding hydrogens is 492 g/mol. The minimum atomic E-state index is -1.33. The number of nitrogens with one attached hydrogen (secondary N) is 3. The van der Waals surface area contributed by atoms with Crippen molar-refractivity contribution in [1.82, 2.24) is 4.90 Å². The van der Waals surface area contributed by atoms with Crippen molar-refractivity contribution >= 4 is 40.7 Å². The molecule has 198 valence electrons. The molecule has 1 spiro atoms. The topological polar surface area (TPSA) is 108 Å². The molecule has 3 aliphatic heterocycles. The summed E-state index contributed by atoms with van der Waals surface area (Å²) in [6.07, 6.45) is 2.36. The van der Waals surface area contributed by atoms with E-state index in [1.165, 1.54) is 5.56 Å². The minimum absolute atomic E-state index is 0.00539. The summed E-state index contributed by atoms with van der Waals surface area (Å²) in [6, 6.07) is 20.4. The van der Waals surface area contributed by atoms with Gasteiger partial charge < -0.3 is 20.9 Å². The first-order chi connectivity index (χ1) is 18.9. The van der Waals surface area contributed by atoms with E-state index in [4.69, 9.17) is 0 Å².